The van der Waals surface area contributed by atoms with E-state index in [1.807, 2.05) is 38.1 Å². The Kier molecular flexibility index (Phi) is 7.00. The monoisotopic (exact) mass is 366 g/mol. The van der Waals surface area contributed by atoms with E-state index < -0.39 is 0 Å². The van der Waals surface area contributed by atoms with Crippen molar-refractivity contribution in [1.29, 1.82) is 0 Å². The summed E-state index contributed by atoms with van der Waals surface area (Å²) in [5, 5.41) is 0.708. The molecular weight excluding hydrogens is 348 g/mol. The quantitative estimate of drug-likeness (QED) is 0.551. The molecule has 0 aliphatic rings. The molecule has 0 amide bonds. The van der Waals surface area contributed by atoms with Crippen LogP contribution in [0.2, 0.25) is 5.02 Å². The number of halogens is 2. The van der Waals surface area contributed by atoms with Crippen LogP contribution in [-0.2, 0) is 0 Å². The first kappa shape index (κ1) is 17.8. The zero-order valence-corrected chi connectivity index (χ0v) is 15.0. The lowest BCUT2D eigenvalue weighted by atomic mass is 9.99. The number of hydrogen-bond acceptors (Lipinski definition) is 1. The summed E-state index contributed by atoms with van der Waals surface area (Å²) in [6.07, 6.45) is 0.115. The maximum absolute atomic E-state index is 6.38. The molecule has 3 heteroatoms. The van der Waals surface area contributed by atoms with Crippen LogP contribution >= 0.6 is 27.5 Å². The fraction of sp³-hybridized carbons (Fsp3) is 0.222. The summed E-state index contributed by atoms with van der Waals surface area (Å²) in [6.45, 7) is 12.1. The van der Waals surface area contributed by atoms with Crippen LogP contribution in [0.3, 0.4) is 0 Å². The molecule has 2 aromatic rings. The summed E-state index contributed by atoms with van der Waals surface area (Å²) in [5.74, 6) is 0.823. The van der Waals surface area contributed by atoms with Crippen molar-refractivity contribution in [2.24, 2.45) is 0 Å². The number of hydrogen-bond donors (Lipinski definition) is 0. The molecule has 0 saturated heterocycles. The Labute approximate surface area is 140 Å². The number of ether oxygens (including phenoxy) is 1. The molecule has 21 heavy (non-hydrogen) atoms. The molecule has 0 radical (unpaired) electrons. The zero-order valence-electron chi connectivity index (χ0n) is 12.6. The summed E-state index contributed by atoms with van der Waals surface area (Å²) in [4.78, 5) is 0. The van der Waals surface area contributed by atoms with Gasteiger partial charge in [0.1, 0.15) is 5.75 Å². The van der Waals surface area contributed by atoms with Crippen molar-refractivity contribution < 1.29 is 4.74 Å². The minimum Gasteiger partial charge on any atom is -0.490 e. The molecule has 0 heterocycles. The molecule has 0 fully saturated rings. The second-order valence-corrected chi connectivity index (χ2v) is 6.06. The van der Waals surface area contributed by atoms with Gasteiger partial charge < -0.3 is 4.74 Å². The minimum atomic E-state index is 0.115. The maximum Gasteiger partial charge on any atom is 0.129 e. The lowest BCUT2D eigenvalue weighted by Crippen LogP contribution is -2.06. The topological polar surface area (TPSA) is 9.23 Å². The van der Waals surface area contributed by atoms with Crippen molar-refractivity contribution in [3.05, 3.63) is 64.6 Å². The average Bonchev–Trinajstić information content (AvgIpc) is 2.44. The highest BCUT2D eigenvalue weighted by atomic mass is 79.9. The molecule has 0 unspecified atom stereocenters. The Balaban J connectivity index is 0.00000106. The van der Waals surface area contributed by atoms with Crippen molar-refractivity contribution in [1.82, 2.24) is 0 Å². The second-order valence-electron chi connectivity index (χ2n) is 4.74. The van der Waals surface area contributed by atoms with E-state index in [2.05, 4.69) is 48.1 Å². The van der Waals surface area contributed by atoms with Crippen molar-refractivity contribution >= 4 is 27.5 Å². The van der Waals surface area contributed by atoms with E-state index in [9.17, 15) is 0 Å². The van der Waals surface area contributed by atoms with Gasteiger partial charge in [-0.15, -0.1) is 13.2 Å². The van der Waals surface area contributed by atoms with E-state index in [-0.39, 0.29) is 6.10 Å². The van der Waals surface area contributed by atoms with Crippen molar-refractivity contribution in [2.45, 2.75) is 26.9 Å². The average molecular weight is 368 g/mol. The molecule has 0 atom stereocenters. The maximum atomic E-state index is 6.38. The molecular formula is C18H20BrClO. The first-order chi connectivity index (χ1) is 9.99. The molecule has 1 nitrogen and oxygen atoms in total. The molecule has 0 aliphatic carbocycles. The molecule has 0 aliphatic heterocycles. The van der Waals surface area contributed by atoms with Gasteiger partial charge in [0.05, 0.1) is 11.1 Å². The Hall–Kier alpha value is -1.25. The number of rotatable bonds is 3. The van der Waals surface area contributed by atoms with Gasteiger partial charge >= 0.3 is 0 Å². The van der Waals surface area contributed by atoms with Gasteiger partial charge in [-0.3, -0.25) is 0 Å². The van der Waals surface area contributed by atoms with Crippen molar-refractivity contribution in [3.8, 4) is 16.9 Å². The Bertz CT molecular complexity index is 608. The summed E-state index contributed by atoms with van der Waals surface area (Å²) in [5.41, 5.74) is 3.22. The summed E-state index contributed by atoms with van der Waals surface area (Å²) in [6, 6.07) is 11.9. The standard InChI is InChI=1S/C16H16BrClO.C2H4/c1-10(2)19-15-6-4-5-14(18)16(15)13-9-12(17)8-7-11(13)3;1-2/h4-10H,1-3H3;1-2H2. The molecule has 112 valence electrons. The highest BCUT2D eigenvalue weighted by Gasteiger charge is 2.14. The lowest BCUT2D eigenvalue weighted by molar-refractivity contribution is 0.243. The van der Waals surface area contributed by atoms with E-state index in [1.165, 1.54) is 5.56 Å². The fourth-order valence-corrected chi connectivity index (χ4v) is 2.61. The van der Waals surface area contributed by atoms with Gasteiger partial charge in [-0.2, -0.15) is 0 Å². The lowest BCUT2D eigenvalue weighted by Gasteiger charge is -2.17. The smallest absolute Gasteiger partial charge is 0.129 e. The molecule has 0 aromatic heterocycles. The molecule has 0 spiro atoms. The van der Waals surface area contributed by atoms with Crippen LogP contribution in [0.4, 0.5) is 0 Å². The first-order valence-corrected chi connectivity index (χ1v) is 7.88. The van der Waals surface area contributed by atoms with Crippen LogP contribution in [0.1, 0.15) is 19.4 Å². The van der Waals surface area contributed by atoms with Gasteiger partial charge in [-0.25, -0.2) is 0 Å². The highest BCUT2D eigenvalue weighted by molar-refractivity contribution is 9.10. The van der Waals surface area contributed by atoms with Crippen LogP contribution in [0.25, 0.3) is 11.1 Å². The van der Waals surface area contributed by atoms with Gasteiger partial charge in [-0.1, -0.05) is 39.7 Å². The van der Waals surface area contributed by atoms with Gasteiger partial charge in [0, 0.05) is 10.0 Å². The van der Waals surface area contributed by atoms with E-state index in [1.54, 1.807) is 0 Å². The normalized spacial score (nSPS) is 10.0. The first-order valence-electron chi connectivity index (χ1n) is 6.70. The molecule has 0 saturated carbocycles. The van der Waals surface area contributed by atoms with E-state index in [4.69, 9.17) is 16.3 Å². The van der Waals surface area contributed by atoms with Crippen LogP contribution in [0.15, 0.2) is 54.0 Å². The fourth-order valence-electron chi connectivity index (χ4n) is 1.98. The van der Waals surface area contributed by atoms with E-state index >= 15 is 0 Å². The van der Waals surface area contributed by atoms with Gasteiger partial charge in [0.2, 0.25) is 0 Å². The van der Waals surface area contributed by atoms with Crippen LogP contribution < -0.4 is 4.74 Å². The molecule has 2 aromatic carbocycles. The van der Waals surface area contributed by atoms with Crippen LogP contribution in [0.5, 0.6) is 5.75 Å². The predicted octanol–water partition coefficient (Wildman–Crippen LogP) is 6.67. The van der Waals surface area contributed by atoms with Gasteiger partial charge in [0.15, 0.2) is 0 Å². The summed E-state index contributed by atoms with van der Waals surface area (Å²) >= 11 is 9.89. The van der Waals surface area contributed by atoms with Gasteiger partial charge in [0.25, 0.3) is 0 Å². The third-order valence-corrected chi connectivity index (χ3v) is 3.62. The second kappa shape index (κ2) is 8.26. The van der Waals surface area contributed by atoms with Crippen molar-refractivity contribution in [3.63, 3.8) is 0 Å². The molecule has 0 N–H and O–H groups in total. The minimum absolute atomic E-state index is 0.115. The zero-order chi connectivity index (χ0) is 16.0. The van der Waals surface area contributed by atoms with Crippen LogP contribution in [0, 0.1) is 6.92 Å². The van der Waals surface area contributed by atoms with Crippen LogP contribution in [-0.4, -0.2) is 6.10 Å². The Morgan fingerprint density at radius 3 is 2.43 bits per heavy atom. The third-order valence-electron chi connectivity index (χ3n) is 2.81. The number of aryl methyl sites for hydroxylation is 1. The summed E-state index contributed by atoms with van der Waals surface area (Å²) in [7, 11) is 0. The third kappa shape index (κ3) is 4.62. The highest BCUT2D eigenvalue weighted by Crippen LogP contribution is 2.39. The van der Waals surface area contributed by atoms with E-state index in [0.29, 0.717) is 5.02 Å². The predicted molar refractivity (Wildman–Crippen MR) is 96.3 cm³/mol. The Morgan fingerprint density at radius 1 is 1.14 bits per heavy atom. The van der Waals surface area contributed by atoms with E-state index in [0.717, 1.165) is 21.3 Å². The molecule has 2 rings (SSSR count). The molecule has 0 bridgehead atoms. The van der Waals surface area contributed by atoms with Gasteiger partial charge in [-0.05, 0) is 56.2 Å². The summed E-state index contributed by atoms with van der Waals surface area (Å²) < 4.78 is 6.91. The largest absolute Gasteiger partial charge is 0.490 e. The SMILES string of the molecule is C=C.Cc1ccc(Br)cc1-c1c(Cl)cccc1OC(C)C. The Morgan fingerprint density at radius 2 is 1.81 bits per heavy atom. The van der Waals surface area contributed by atoms with Crippen molar-refractivity contribution in [2.75, 3.05) is 0 Å². The number of benzene rings is 2.